The molecule has 9 nitrogen and oxygen atoms in total. The van der Waals surface area contributed by atoms with Crippen LogP contribution in [-0.4, -0.2) is 75.0 Å². The number of phenols is 1. The van der Waals surface area contributed by atoms with Crippen molar-refractivity contribution in [3.63, 3.8) is 0 Å². The van der Waals surface area contributed by atoms with E-state index in [1.54, 1.807) is 6.07 Å². The molecule has 1 aliphatic heterocycles. The molecule has 0 aliphatic carbocycles. The summed E-state index contributed by atoms with van der Waals surface area (Å²) >= 11 is 3.23. The monoisotopic (exact) mass is 482 g/mol. The molecule has 1 fully saturated rings. The van der Waals surface area contributed by atoms with Crippen molar-refractivity contribution in [1.29, 1.82) is 0 Å². The van der Waals surface area contributed by atoms with Crippen molar-refractivity contribution in [2.24, 2.45) is 0 Å². The van der Waals surface area contributed by atoms with Gasteiger partial charge in [0.15, 0.2) is 11.5 Å². The third-order valence-corrected chi connectivity index (χ3v) is 4.83. The highest BCUT2D eigenvalue weighted by molar-refractivity contribution is 9.10. The molecular formula is C17H27BrN2O7S. The second-order valence-corrected chi connectivity index (χ2v) is 8.51. The first-order valence-electron chi connectivity index (χ1n) is 8.61. The third-order valence-electron chi connectivity index (χ3n) is 4.23. The van der Waals surface area contributed by atoms with E-state index in [4.69, 9.17) is 14.0 Å². The first kappa shape index (κ1) is 24.5. The molecule has 0 radical (unpaired) electrons. The normalized spacial score (nSPS) is 16.9. The second kappa shape index (κ2) is 10.8. The Morgan fingerprint density at radius 3 is 2.50 bits per heavy atom. The third kappa shape index (κ3) is 7.12. The van der Waals surface area contributed by atoms with Gasteiger partial charge in [0.05, 0.1) is 24.9 Å². The van der Waals surface area contributed by atoms with Crippen LogP contribution in [0.4, 0.5) is 0 Å². The van der Waals surface area contributed by atoms with Crippen molar-refractivity contribution in [2.45, 2.75) is 25.8 Å². The summed E-state index contributed by atoms with van der Waals surface area (Å²) in [5.41, 5.74) is 0.0831. The Bertz CT molecular complexity index is 778. The van der Waals surface area contributed by atoms with Crippen LogP contribution in [0.3, 0.4) is 0 Å². The SMILES string of the molecule is CCN1CCCC1CNC(=O)c1c(O)c(Br)cc(OC)c1OC.CS(=O)(=O)O. The van der Waals surface area contributed by atoms with Crippen molar-refractivity contribution in [1.82, 2.24) is 10.2 Å². The molecule has 160 valence electrons. The lowest BCUT2D eigenvalue weighted by molar-refractivity contribution is 0.0934. The number of amides is 1. The molecule has 28 heavy (non-hydrogen) atoms. The number of hydrogen-bond donors (Lipinski definition) is 3. The number of ether oxygens (including phenoxy) is 2. The van der Waals surface area contributed by atoms with Crippen molar-refractivity contribution in [3.8, 4) is 17.2 Å². The summed E-state index contributed by atoms with van der Waals surface area (Å²) in [7, 11) is -0.738. The largest absolute Gasteiger partial charge is 0.506 e. The fourth-order valence-electron chi connectivity index (χ4n) is 3.01. The molecule has 0 spiro atoms. The number of hydrogen-bond acceptors (Lipinski definition) is 7. The van der Waals surface area contributed by atoms with Crippen molar-refractivity contribution in [3.05, 3.63) is 16.1 Å². The minimum atomic E-state index is -3.67. The van der Waals surface area contributed by atoms with Gasteiger partial charge in [-0.3, -0.25) is 14.2 Å². The fraction of sp³-hybridized carbons (Fsp3) is 0.588. The van der Waals surface area contributed by atoms with Gasteiger partial charge in [0.2, 0.25) is 0 Å². The topological polar surface area (TPSA) is 125 Å². The number of aromatic hydroxyl groups is 1. The molecule has 1 atom stereocenters. The molecule has 3 N–H and O–H groups in total. The summed E-state index contributed by atoms with van der Waals surface area (Å²) in [6.07, 6.45) is 2.93. The Labute approximate surface area is 173 Å². The van der Waals surface area contributed by atoms with Gasteiger partial charge in [-0.25, -0.2) is 0 Å². The smallest absolute Gasteiger partial charge is 0.261 e. The summed E-state index contributed by atoms with van der Waals surface area (Å²) in [6.45, 7) is 4.70. The summed E-state index contributed by atoms with van der Waals surface area (Å²) in [4.78, 5) is 14.9. The van der Waals surface area contributed by atoms with Gasteiger partial charge in [-0.05, 0) is 41.9 Å². The Hall–Kier alpha value is -1.56. The van der Waals surface area contributed by atoms with Crippen LogP contribution in [0.25, 0.3) is 0 Å². The molecule has 1 aliphatic rings. The molecule has 1 heterocycles. The maximum atomic E-state index is 12.6. The highest BCUT2D eigenvalue weighted by Gasteiger charge is 2.27. The van der Waals surface area contributed by atoms with Crippen LogP contribution in [-0.2, 0) is 10.1 Å². The maximum absolute atomic E-state index is 12.6. The Balaban J connectivity index is 0.000000696. The number of halogens is 1. The standard InChI is InChI=1S/C16H23BrN2O4.CH4O3S/c1-4-19-7-5-6-10(19)9-18-16(21)13-14(20)11(17)8-12(22-2)15(13)23-3;1-5(2,3)4/h8,10,20H,4-7,9H2,1-3H3,(H,18,21);1H3,(H,2,3,4). The molecule has 2 rings (SSSR count). The minimum absolute atomic E-state index is 0.0831. The molecule has 1 unspecified atom stereocenters. The number of carbonyl (C=O) groups is 1. The van der Waals surface area contributed by atoms with Gasteiger partial charge < -0.3 is 19.9 Å². The molecular weight excluding hydrogens is 456 g/mol. The molecule has 0 aromatic heterocycles. The average molecular weight is 483 g/mol. The first-order chi connectivity index (χ1) is 13.0. The highest BCUT2D eigenvalue weighted by atomic mass is 79.9. The lowest BCUT2D eigenvalue weighted by atomic mass is 10.1. The van der Waals surface area contributed by atoms with Gasteiger partial charge >= 0.3 is 0 Å². The zero-order valence-corrected chi connectivity index (χ0v) is 18.8. The van der Waals surface area contributed by atoms with Crippen molar-refractivity contribution < 1.29 is 32.3 Å². The number of rotatable bonds is 6. The maximum Gasteiger partial charge on any atom is 0.261 e. The van der Waals surface area contributed by atoms with E-state index in [1.165, 1.54) is 14.2 Å². The minimum Gasteiger partial charge on any atom is -0.506 e. The van der Waals surface area contributed by atoms with E-state index < -0.39 is 10.1 Å². The summed E-state index contributed by atoms with van der Waals surface area (Å²) < 4.78 is 36.7. The number of phenolic OH excluding ortho intramolecular Hbond substituents is 1. The lowest BCUT2D eigenvalue weighted by Crippen LogP contribution is -2.40. The summed E-state index contributed by atoms with van der Waals surface area (Å²) in [6, 6.07) is 1.91. The molecule has 1 aromatic carbocycles. The highest BCUT2D eigenvalue weighted by Crippen LogP contribution is 2.42. The van der Waals surface area contributed by atoms with Gasteiger partial charge in [0, 0.05) is 18.7 Å². The Morgan fingerprint density at radius 1 is 1.39 bits per heavy atom. The number of nitrogens with zero attached hydrogens (tertiary/aromatic N) is 1. The van der Waals surface area contributed by atoms with Gasteiger partial charge in [-0.15, -0.1) is 0 Å². The van der Waals surface area contributed by atoms with E-state index in [0.717, 1.165) is 25.9 Å². The second-order valence-electron chi connectivity index (χ2n) is 6.19. The zero-order valence-electron chi connectivity index (χ0n) is 16.4. The quantitative estimate of drug-likeness (QED) is 0.524. The molecule has 1 amide bonds. The molecule has 0 saturated carbocycles. The van der Waals surface area contributed by atoms with Crippen molar-refractivity contribution >= 4 is 32.0 Å². The number of carbonyl (C=O) groups excluding carboxylic acids is 1. The van der Waals surface area contributed by atoms with Crippen LogP contribution in [0.1, 0.15) is 30.1 Å². The van der Waals surface area contributed by atoms with Crippen LogP contribution < -0.4 is 14.8 Å². The lowest BCUT2D eigenvalue weighted by Gasteiger charge is -2.23. The van der Waals surface area contributed by atoms with Crippen LogP contribution in [0.5, 0.6) is 17.2 Å². The molecule has 11 heteroatoms. The van der Waals surface area contributed by atoms with E-state index in [1.807, 2.05) is 0 Å². The average Bonchev–Trinajstić information content (AvgIpc) is 3.07. The number of methoxy groups -OCH3 is 2. The van der Waals surface area contributed by atoms with Gasteiger partial charge in [0.1, 0.15) is 11.3 Å². The van der Waals surface area contributed by atoms with Crippen LogP contribution >= 0.6 is 15.9 Å². The number of benzene rings is 1. The first-order valence-corrected chi connectivity index (χ1v) is 11.3. The number of nitrogens with one attached hydrogen (secondary N) is 1. The number of likely N-dealkylation sites (tertiary alicyclic amines) is 1. The van der Waals surface area contributed by atoms with E-state index in [0.29, 0.717) is 29.1 Å². The zero-order chi connectivity index (χ0) is 21.5. The van der Waals surface area contributed by atoms with E-state index in [-0.39, 0.29) is 23.0 Å². The summed E-state index contributed by atoms with van der Waals surface area (Å²) in [5, 5.41) is 13.1. The van der Waals surface area contributed by atoms with Gasteiger partial charge in [0.25, 0.3) is 16.0 Å². The van der Waals surface area contributed by atoms with E-state index in [9.17, 15) is 18.3 Å². The summed E-state index contributed by atoms with van der Waals surface area (Å²) in [5.74, 6) is 0.0867. The predicted octanol–water partition coefficient (Wildman–Crippen LogP) is 1.89. The van der Waals surface area contributed by atoms with Crippen molar-refractivity contribution in [2.75, 3.05) is 40.1 Å². The fourth-order valence-corrected chi connectivity index (χ4v) is 3.41. The van der Waals surface area contributed by atoms with Crippen LogP contribution in [0, 0.1) is 0 Å². The van der Waals surface area contributed by atoms with E-state index in [2.05, 4.69) is 33.1 Å². The number of likely N-dealkylation sites (N-methyl/N-ethyl adjacent to an activating group) is 1. The van der Waals surface area contributed by atoms with Crippen LogP contribution in [0.2, 0.25) is 0 Å². The van der Waals surface area contributed by atoms with E-state index >= 15 is 0 Å². The predicted molar refractivity (Wildman–Crippen MR) is 109 cm³/mol. The van der Waals surface area contributed by atoms with Crippen LogP contribution in [0.15, 0.2) is 10.5 Å². The Morgan fingerprint density at radius 2 is 2.00 bits per heavy atom. The van der Waals surface area contributed by atoms with Gasteiger partial charge in [-0.2, -0.15) is 8.42 Å². The van der Waals surface area contributed by atoms with Gasteiger partial charge in [-0.1, -0.05) is 6.92 Å². The molecule has 0 bridgehead atoms. The molecule has 1 aromatic rings. The molecule has 1 saturated heterocycles. The Kier molecular flexibility index (Phi) is 9.48.